The Hall–Kier alpha value is -3.33. The average molecular weight is 414 g/mol. The monoisotopic (exact) mass is 414 g/mol. The molecular formula is C20H16F2N4O2S. The van der Waals surface area contributed by atoms with Gasteiger partial charge in [0.1, 0.15) is 17.0 Å². The summed E-state index contributed by atoms with van der Waals surface area (Å²) in [7, 11) is 1.54. The smallest absolute Gasteiger partial charge is 0.280 e. The van der Waals surface area contributed by atoms with Crippen LogP contribution in [-0.2, 0) is 6.54 Å². The number of benzene rings is 1. The summed E-state index contributed by atoms with van der Waals surface area (Å²) in [5.41, 5.74) is 0.832. The second-order valence-corrected chi connectivity index (χ2v) is 7.18. The van der Waals surface area contributed by atoms with Crippen molar-refractivity contribution in [3.63, 3.8) is 0 Å². The van der Waals surface area contributed by atoms with Crippen molar-refractivity contribution in [3.8, 4) is 17.0 Å². The van der Waals surface area contributed by atoms with Crippen LogP contribution >= 0.6 is 11.3 Å². The summed E-state index contributed by atoms with van der Waals surface area (Å²) in [4.78, 5) is 18.0. The zero-order chi connectivity index (χ0) is 20.4. The van der Waals surface area contributed by atoms with E-state index in [2.05, 4.69) is 15.4 Å². The number of carbonyl (C=O) groups excluding carboxylic acids is 1. The van der Waals surface area contributed by atoms with E-state index in [0.29, 0.717) is 23.6 Å². The number of methoxy groups -OCH3 is 1. The van der Waals surface area contributed by atoms with Crippen molar-refractivity contribution in [2.24, 2.45) is 0 Å². The highest BCUT2D eigenvalue weighted by Crippen LogP contribution is 2.28. The Balaban J connectivity index is 1.74. The molecule has 148 valence electrons. The van der Waals surface area contributed by atoms with Gasteiger partial charge in [0.05, 0.1) is 25.5 Å². The summed E-state index contributed by atoms with van der Waals surface area (Å²) >= 11 is 1.51. The minimum atomic E-state index is -2.78. The van der Waals surface area contributed by atoms with Crippen molar-refractivity contribution in [2.45, 2.75) is 13.0 Å². The van der Waals surface area contributed by atoms with E-state index >= 15 is 0 Å². The van der Waals surface area contributed by atoms with Crippen LogP contribution in [0.25, 0.3) is 16.9 Å². The number of hydrogen-bond donors (Lipinski definition) is 1. The molecule has 3 heterocycles. The number of carbonyl (C=O) groups is 1. The first kappa shape index (κ1) is 19.0. The summed E-state index contributed by atoms with van der Waals surface area (Å²) in [5.74, 6) is 0.218. The summed E-state index contributed by atoms with van der Waals surface area (Å²) in [6, 6.07) is 11.9. The first-order valence-electron chi connectivity index (χ1n) is 8.68. The molecule has 3 aromatic heterocycles. The Morgan fingerprint density at radius 1 is 1.28 bits per heavy atom. The number of nitrogens with one attached hydrogen (secondary N) is 1. The molecule has 1 N–H and O–H groups in total. The fraction of sp³-hybridized carbons (Fsp3) is 0.150. The van der Waals surface area contributed by atoms with E-state index in [1.54, 1.807) is 31.4 Å². The Bertz CT molecular complexity index is 1140. The molecule has 1 aromatic carbocycles. The Kier molecular flexibility index (Phi) is 5.22. The van der Waals surface area contributed by atoms with E-state index < -0.39 is 12.3 Å². The van der Waals surface area contributed by atoms with Gasteiger partial charge in [0.2, 0.25) is 0 Å². The van der Waals surface area contributed by atoms with Crippen molar-refractivity contribution in [3.05, 3.63) is 70.2 Å². The van der Waals surface area contributed by atoms with Gasteiger partial charge in [0.15, 0.2) is 5.65 Å². The Morgan fingerprint density at radius 2 is 2.07 bits per heavy atom. The molecule has 0 radical (unpaired) electrons. The van der Waals surface area contributed by atoms with Crippen LogP contribution in [0.4, 0.5) is 8.78 Å². The zero-order valence-corrected chi connectivity index (χ0v) is 16.1. The number of alkyl halides is 2. The summed E-state index contributed by atoms with van der Waals surface area (Å²) in [5, 5.41) is 8.65. The van der Waals surface area contributed by atoms with E-state index in [-0.39, 0.29) is 16.9 Å². The SMILES string of the molecule is COc1ccc(-c2cc(C(F)F)n3ncc(C(=O)NCc4cccs4)c3n2)cc1. The van der Waals surface area contributed by atoms with Gasteiger partial charge in [-0.25, -0.2) is 18.3 Å². The maximum absolute atomic E-state index is 13.6. The lowest BCUT2D eigenvalue weighted by molar-refractivity contribution is 0.0952. The summed E-state index contributed by atoms with van der Waals surface area (Å²) in [6.45, 7) is 0.341. The predicted octanol–water partition coefficient (Wildman–Crippen LogP) is 4.33. The normalized spacial score (nSPS) is 11.2. The lowest BCUT2D eigenvalue weighted by Gasteiger charge is -2.09. The maximum Gasteiger partial charge on any atom is 0.280 e. The molecule has 29 heavy (non-hydrogen) atoms. The minimum Gasteiger partial charge on any atom is -0.497 e. The van der Waals surface area contributed by atoms with Gasteiger partial charge in [-0.3, -0.25) is 4.79 Å². The molecule has 0 saturated heterocycles. The summed E-state index contributed by atoms with van der Waals surface area (Å²) < 4.78 is 33.4. The van der Waals surface area contributed by atoms with Crippen LogP contribution in [0.3, 0.4) is 0 Å². The van der Waals surface area contributed by atoms with Gasteiger partial charge in [0, 0.05) is 10.4 Å². The molecule has 9 heteroatoms. The second kappa shape index (κ2) is 7.96. The van der Waals surface area contributed by atoms with E-state index in [1.807, 2.05) is 17.5 Å². The van der Waals surface area contributed by atoms with Gasteiger partial charge in [0.25, 0.3) is 12.3 Å². The standard InChI is InChI=1S/C20H16F2N4O2S/c1-28-13-6-4-12(5-7-13)16-9-17(18(21)22)26-19(25-16)15(11-24-26)20(27)23-10-14-3-2-8-29-14/h2-9,11,18H,10H2,1H3,(H,23,27). The molecule has 0 aliphatic carbocycles. The van der Waals surface area contributed by atoms with Crippen molar-refractivity contribution in [2.75, 3.05) is 7.11 Å². The number of ether oxygens (including phenoxy) is 1. The summed E-state index contributed by atoms with van der Waals surface area (Å²) in [6.07, 6.45) is -1.52. The van der Waals surface area contributed by atoms with Gasteiger partial charge in [-0.2, -0.15) is 5.10 Å². The minimum absolute atomic E-state index is 0.0808. The van der Waals surface area contributed by atoms with Crippen LogP contribution < -0.4 is 10.1 Å². The topological polar surface area (TPSA) is 68.5 Å². The molecule has 0 unspecified atom stereocenters. The van der Waals surface area contributed by atoms with Crippen LogP contribution in [0, 0.1) is 0 Å². The van der Waals surface area contributed by atoms with E-state index in [4.69, 9.17) is 4.74 Å². The Morgan fingerprint density at radius 3 is 2.72 bits per heavy atom. The lowest BCUT2D eigenvalue weighted by Crippen LogP contribution is -2.22. The molecule has 4 aromatic rings. The van der Waals surface area contributed by atoms with Gasteiger partial charge in [-0.05, 0) is 41.8 Å². The molecule has 6 nitrogen and oxygen atoms in total. The molecule has 0 aliphatic rings. The third-order valence-electron chi connectivity index (χ3n) is 4.36. The van der Waals surface area contributed by atoms with Crippen molar-refractivity contribution in [1.82, 2.24) is 19.9 Å². The van der Waals surface area contributed by atoms with Crippen LogP contribution in [0.5, 0.6) is 5.75 Å². The van der Waals surface area contributed by atoms with Crippen LogP contribution in [-0.4, -0.2) is 27.6 Å². The number of halogens is 2. The number of hydrogen-bond acceptors (Lipinski definition) is 5. The zero-order valence-electron chi connectivity index (χ0n) is 15.3. The highest BCUT2D eigenvalue weighted by atomic mass is 32.1. The highest BCUT2D eigenvalue weighted by molar-refractivity contribution is 7.09. The molecule has 0 spiro atoms. The fourth-order valence-electron chi connectivity index (χ4n) is 2.89. The molecule has 0 fully saturated rings. The van der Waals surface area contributed by atoms with Crippen LogP contribution in [0.2, 0.25) is 0 Å². The number of aromatic nitrogens is 3. The second-order valence-electron chi connectivity index (χ2n) is 6.15. The fourth-order valence-corrected chi connectivity index (χ4v) is 3.53. The average Bonchev–Trinajstić information content (AvgIpc) is 3.41. The Labute approximate surface area is 168 Å². The molecule has 1 amide bonds. The van der Waals surface area contributed by atoms with E-state index in [0.717, 1.165) is 9.39 Å². The predicted molar refractivity (Wildman–Crippen MR) is 105 cm³/mol. The molecule has 0 atom stereocenters. The number of amides is 1. The van der Waals surface area contributed by atoms with Crippen molar-refractivity contribution in [1.29, 1.82) is 0 Å². The van der Waals surface area contributed by atoms with Gasteiger partial charge in [-0.1, -0.05) is 6.07 Å². The molecule has 0 bridgehead atoms. The molecule has 4 rings (SSSR count). The van der Waals surface area contributed by atoms with Crippen molar-refractivity contribution >= 4 is 22.9 Å². The lowest BCUT2D eigenvalue weighted by atomic mass is 10.1. The number of rotatable bonds is 6. The largest absolute Gasteiger partial charge is 0.497 e. The number of fused-ring (bicyclic) bond motifs is 1. The first-order valence-corrected chi connectivity index (χ1v) is 9.56. The first-order chi connectivity index (χ1) is 14.1. The van der Waals surface area contributed by atoms with Gasteiger partial charge in [-0.15, -0.1) is 11.3 Å². The van der Waals surface area contributed by atoms with E-state index in [1.165, 1.54) is 23.6 Å². The van der Waals surface area contributed by atoms with E-state index in [9.17, 15) is 13.6 Å². The maximum atomic E-state index is 13.6. The quantitative estimate of drug-likeness (QED) is 0.510. The van der Waals surface area contributed by atoms with Gasteiger partial charge >= 0.3 is 0 Å². The molecule has 0 saturated carbocycles. The van der Waals surface area contributed by atoms with Gasteiger partial charge < -0.3 is 10.1 Å². The highest BCUT2D eigenvalue weighted by Gasteiger charge is 2.21. The van der Waals surface area contributed by atoms with Crippen molar-refractivity contribution < 1.29 is 18.3 Å². The molecular weight excluding hydrogens is 398 g/mol. The third kappa shape index (κ3) is 3.81. The molecule has 0 aliphatic heterocycles. The van der Waals surface area contributed by atoms with Crippen LogP contribution in [0.1, 0.15) is 27.4 Å². The third-order valence-corrected chi connectivity index (χ3v) is 5.23. The number of nitrogens with zero attached hydrogens (tertiary/aromatic N) is 3. The number of thiophene rings is 1. The van der Waals surface area contributed by atoms with Crippen LogP contribution in [0.15, 0.2) is 54.0 Å².